The molecule has 0 aliphatic rings. The molecule has 0 fully saturated rings. The Morgan fingerprint density at radius 2 is 1.95 bits per heavy atom. The van der Waals surface area contributed by atoms with E-state index in [1.165, 1.54) is 24.8 Å². The van der Waals surface area contributed by atoms with E-state index in [4.69, 9.17) is 4.74 Å². The highest BCUT2D eigenvalue weighted by atomic mass is 79.9. The van der Waals surface area contributed by atoms with Crippen LogP contribution in [-0.2, 0) is 0 Å². The minimum absolute atomic E-state index is 0.379. The lowest BCUT2D eigenvalue weighted by Gasteiger charge is -2.15. The predicted molar refractivity (Wildman–Crippen MR) is 90.5 cm³/mol. The first kappa shape index (κ1) is 17.5. The molecule has 0 amide bonds. The van der Waals surface area contributed by atoms with Gasteiger partial charge in [0.05, 0.1) is 11.1 Å². The summed E-state index contributed by atoms with van der Waals surface area (Å²) < 4.78 is 6.88. The normalized spacial score (nSPS) is 12.4. The molecular formula is C17H28BrNO. The van der Waals surface area contributed by atoms with Crippen LogP contribution in [-0.4, -0.2) is 13.2 Å². The Balaban J connectivity index is 2.46. The van der Waals surface area contributed by atoms with Gasteiger partial charge in [0.15, 0.2) is 0 Å². The molecule has 0 aromatic heterocycles. The van der Waals surface area contributed by atoms with Gasteiger partial charge in [-0.2, -0.15) is 0 Å². The van der Waals surface area contributed by atoms with E-state index in [0.717, 1.165) is 36.2 Å². The third-order valence-corrected chi connectivity index (χ3v) is 4.03. The second-order valence-electron chi connectivity index (χ2n) is 5.27. The number of rotatable bonds is 10. The van der Waals surface area contributed by atoms with Crippen molar-refractivity contribution in [3.63, 3.8) is 0 Å². The lowest BCUT2D eigenvalue weighted by atomic mass is 10.1. The van der Waals surface area contributed by atoms with E-state index in [1.54, 1.807) is 0 Å². The molecule has 1 N–H and O–H groups in total. The van der Waals surface area contributed by atoms with Gasteiger partial charge in [-0.05, 0) is 59.9 Å². The molecule has 2 nitrogen and oxygen atoms in total. The van der Waals surface area contributed by atoms with Crippen molar-refractivity contribution in [3.05, 3.63) is 28.2 Å². The SMILES string of the molecule is CCCCCCOc1ccc(C(C)NCCC)cc1Br. The summed E-state index contributed by atoms with van der Waals surface area (Å²) in [5.74, 6) is 0.952. The van der Waals surface area contributed by atoms with Gasteiger partial charge < -0.3 is 10.1 Å². The van der Waals surface area contributed by atoms with Gasteiger partial charge in [-0.1, -0.05) is 39.2 Å². The number of benzene rings is 1. The maximum absolute atomic E-state index is 5.83. The van der Waals surface area contributed by atoms with Crippen molar-refractivity contribution in [3.8, 4) is 5.75 Å². The molecule has 114 valence electrons. The van der Waals surface area contributed by atoms with Gasteiger partial charge in [0.1, 0.15) is 5.75 Å². The third-order valence-electron chi connectivity index (χ3n) is 3.41. The van der Waals surface area contributed by atoms with E-state index in [2.05, 4.69) is 60.2 Å². The van der Waals surface area contributed by atoms with Crippen molar-refractivity contribution in [1.29, 1.82) is 0 Å². The zero-order chi connectivity index (χ0) is 14.8. The Morgan fingerprint density at radius 3 is 2.60 bits per heavy atom. The maximum Gasteiger partial charge on any atom is 0.133 e. The molecule has 1 unspecified atom stereocenters. The van der Waals surface area contributed by atoms with Gasteiger partial charge in [-0.15, -0.1) is 0 Å². The van der Waals surface area contributed by atoms with E-state index in [1.807, 2.05) is 0 Å². The Labute approximate surface area is 132 Å². The summed E-state index contributed by atoms with van der Waals surface area (Å²) in [7, 11) is 0. The lowest BCUT2D eigenvalue weighted by Crippen LogP contribution is -2.19. The zero-order valence-electron chi connectivity index (χ0n) is 13.0. The van der Waals surface area contributed by atoms with Crippen LogP contribution in [0.5, 0.6) is 5.75 Å². The Hall–Kier alpha value is -0.540. The van der Waals surface area contributed by atoms with Gasteiger partial charge in [0.2, 0.25) is 0 Å². The van der Waals surface area contributed by atoms with Crippen LogP contribution in [0.25, 0.3) is 0 Å². The second-order valence-corrected chi connectivity index (χ2v) is 6.13. The molecule has 0 heterocycles. The van der Waals surface area contributed by atoms with Crippen LogP contribution < -0.4 is 10.1 Å². The van der Waals surface area contributed by atoms with Crippen LogP contribution in [0.3, 0.4) is 0 Å². The summed E-state index contributed by atoms with van der Waals surface area (Å²) in [6, 6.07) is 6.77. The summed E-state index contributed by atoms with van der Waals surface area (Å²) in [6.45, 7) is 8.47. The molecule has 1 aromatic carbocycles. The summed E-state index contributed by atoms with van der Waals surface area (Å²) in [5.41, 5.74) is 1.30. The standard InChI is InChI=1S/C17H28BrNO/c1-4-6-7-8-12-20-17-10-9-15(13-16(17)18)14(3)19-11-5-2/h9-10,13-14,19H,4-8,11-12H2,1-3H3. The van der Waals surface area contributed by atoms with Crippen LogP contribution in [0.4, 0.5) is 0 Å². The van der Waals surface area contributed by atoms with Crippen molar-refractivity contribution in [2.24, 2.45) is 0 Å². The largest absolute Gasteiger partial charge is 0.492 e. The summed E-state index contributed by atoms with van der Waals surface area (Å²) in [6.07, 6.45) is 6.11. The minimum atomic E-state index is 0.379. The molecule has 0 aliphatic heterocycles. The first-order chi connectivity index (χ1) is 9.69. The number of halogens is 1. The lowest BCUT2D eigenvalue weighted by molar-refractivity contribution is 0.303. The van der Waals surface area contributed by atoms with E-state index in [9.17, 15) is 0 Å². The average molecular weight is 342 g/mol. The highest BCUT2D eigenvalue weighted by Gasteiger charge is 2.08. The van der Waals surface area contributed by atoms with Crippen LogP contribution in [0.15, 0.2) is 22.7 Å². The molecule has 3 heteroatoms. The van der Waals surface area contributed by atoms with Gasteiger partial charge in [0, 0.05) is 6.04 Å². The Bertz CT molecular complexity index is 381. The summed E-state index contributed by atoms with van der Waals surface area (Å²) >= 11 is 3.61. The number of hydrogen-bond acceptors (Lipinski definition) is 2. The van der Waals surface area contributed by atoms with Crippen molar-refractivity contribution in [2.45, 2.75) is 58.9 Å². The summed E-state index contributed by atoms with van der Waals surface area (Å²) in [5, 5.41) is 3.50. The molecule has 1 rings (SSSR count). The minimum Gasteiger partial charge on any atom is -0.492 e. The fraction of sp³-hybridized carbons (Fsp3) is 0.647. The quantitative estimate of drug-likeness (QED) is 0.569. The second kappa shape index (κ2) is 10.2. The molecule has 0 aliphatic carbocycles. The fourth-order valence-corrected chi connectivity index (χ4v) is 2.60. The molecular weight excluding hydrogens is 314 g/mol. The molecule has 1 aromatic rings. The number of hydrogen-bond donors (Lipinski definition) is 1. The number of nitrogens with one attached hydrogen (secondary N) is 1. The smallest absolute Gasteiger partial charge is 0.133 e. The van der Waals surface area contributed by atoms with Crippen molar-refractivity contribution in [2.75, 3.05) is 13.2 Å². The number of unbranched alkanes of at least 4 members (excludes halogenated alkanes) is 3. The first-order valence-corrected chi connectivity index (χ1v) is 8.64. The van der Waals surface area contributed by atoms with Crippen molar-refractivity contribution >= 4 is 15.9 Å². The van der Waals surface area contributed by atoms with E-state index in [0.29, 0.717) is 6.04 Å². The monoisotopic (exact) mass is 341 g/mol. The summed E-state index contributed by atoms with van der Waals surface area (Å²) in [4.78, 5) is 0. The van der Waals surface area contributed by atoms with E-state index < -0.39 is 0 Å². The Morgan fingerprint density at radius 1 is 1.15 bits per heavy atom. The molecule has 0 saturated carbocycles. The van der Waals surface area contributed by atoms with Gasteiger partial charge in [-0.3, -0.25) is 0 Å². The molecule has 0 radical (unpaired) electrons. The average Bonchev–Trinajstić information content (AvgIpc) is 2.46. The van der Waals surface area contributed by atoms with Crippen molar-refractivity contribution < 1.29 is 4.74 Å². The number of ether oxygens (including phenoxy) is 1. The molecule has 0 saturated heterocycles. The molecule has 0 spiro atoms. The van der Waals surface area contributed by atoms with Crippen LogP contribution in [0.2, 0.25) is 0 Å². The zero-order valence-corrected chi connectivity index (χ0v) is 14.6. The highest BCUT2D eigenvalue weighted by molar-refractivity contribution is 9.10. The van der Waals surface area contributed by atoms with Gasteiger partial charge in [0.25, 0.3) is 0 Å². The van der Waals surface area contributed by atoms with E-state index >= 15 is 0 Å². The molecule has 20 heavy (non-hydrogen) atoms. The maximum atomic E-state index is 5.83. The van der Waals surface area contributed by atoms with Gasteiger partial charge >= 0.3 is 0 Å². The topological polar surface area (TPSA) is 21.3 Å². The van der Waals surface area contributed by atoms with Crippen LogP contribution >= 0.6 is 15.9 Å². The van der Waals surface area contributed by atoms with Gasteiger partial charge in [-0.25, -0.2) is 0 Å². The third kappa shape index (κ3) is 6.27. The van der Waals surface area contributed by atoms with Crippen molar-refractivity contribution in [1.82, 2.24) is 5.32 Å². The van der Waals surface area contributed by atoms with Crippen LogP contribution in [0.1, 0.15) is 64.5 Å². The fourth-order valence-electron chi connectivity index (χ4n) is 2.09. The Kier molecular flexibility index (Phi) is 8.95. The predicted octanol–water partition coefficient (Wildman–Crippen LogP) is 5.47. The van der Waals surface area contributed by atoms with E-state index in [-0.39, 0.29) is 0 Å². The molecule has 1 atom stereocenters. The molecule has 0 bridgehead atoms. The first-order valence-electron chi connectivity index (χ1n) is 7.84. The highest BCUT2D eigenvalue weighted by Crippen LogP contribution is 2.28. The van der Waals surface area contributed by atoms with Crippen LogP contribution in [0, 0.1) is 0 Å².